The van der Waals surface area contributed by atoms with Crippen molar-refractivity contribution >= 4 is 5.82 Å². The molecule has 1 aromatic heterocycles. The van der Waals surface area contributed by atoms with Gasteiger partial charge < -0.3 is 10.3 Å². The molecule has 0 spiro atoms. The zero-order valence-corrected chi connectivity index (χ0v) is 11.2. The molecule has 92 valence electrons. The first-order valence-corrected chi connectivity index (χ1v) is 6.32. The number of aromatic nitrogens is 2. The summed E-state index contributed by atoms with van der Waals surface area (Å²) >= 11 is 0. The molecule has 2 N–H and O–H groups in total. The van der Waals surface area contributed by atoms with E-state index in [0.717, 1.165) is 36.7 Å². The van der Waals surface area contributed by atoms with Crippen LogP contribution in [-0.4, -0.2) is 9.55 Å². The van der Waals surface area contributed by atoms with Crippen LogP contribution in [-0.2, 0) is 13.0 Å². The number of nitrogen functional groups attached to an aromatic ring is 1. The van der Waals surface area contributed by atoms with Crippen LogP contribution < -0.4 is 5.73 Å². The van der Waals surface area contributed by atoms with E-state index in [9.17, 15) is 0 Å². The molecule has 3 heteroatoms. The van der Waals surface area contributed by atoms with Crippen molar-refractivity contribution in [2.24, 2.45) is 5.92 Å². The molecule has 0 bridgehead atoms. The van der Waals surface area contributed by atoms with Gasteiger partial charge in [0.25, 0.3) is 0 Å². The van der Waals surface area contributed by atoms with E-state index in [1.165, 1.54) is 0 Å². The molecule has 1 rings (SSSR count). The average molecular weight is 223 g/mol. The zero-order valence-electron chi connectivity index (χ0n) is 11.2. The van der Waals surface area contributed by atoms with Gasteiger partial charge in [0.2, 0.25) is 0 Å². The van der Waals surface area contributed by atoms with Crippen molar-refractivity contribution in [1.29, 1.82) is 0 Å². The largest absolute Gasteiger partial charge is 0.384 e. The highest BCUT2D eigenvalue weighted by Crippen LogP contribution is 2.23. The van der Waals surface area contributed by atoms with Crippen LogP contribution in [0.15, 0.2) is 0 Å². The minimum Gasteiger partial charge on any atom is -0.384 e. The van der Waals surface area contributed by atoms with Crippen LogP contribution in [0, 0.1) is 5.92 Å². The second-order valence-electron chi connectivity index (χ2n) is 5.21. The summed E-state index contributed by atoms with van der Waals surface area (Å²) in [6.45, 7) is 11.9. The Balaban J connectivity index is 3.08. The van der Waals surface area contributed by atoms with E-state index < -0.39 is 0 Å². The predicted octanol–water partition coefficient (Wildman–Crippen LogP) is 3.20. The Labute approximate surface area is 99.1 Å². The summed E-state index contributed by atoms with van der Waals surface area (Å²) in [4.78, 5) is 4.71. The molecule has 0 fully saturated rings. The topological polar surface area (TPSA) is 43.8 Å². The Hall–Kier alpha value is -0.990. The maximum absolute atomic E-state index is 6.18. The van der Waals surface area contributed by atoms with Gasteiger partial charge in [-0.1, -0.05) is 34.6 Å². The molecule has 0 saturated carbocycles. The van der Waals surface area contributed by atoms with Gasteiger partial charge in [0.1, 0.15) is 11.6 Å². The summed E-state index contributed by atoms with van der Waals surface area (Å²) in [5.41, 5.74) is 7.25. The maximum Gasteiger partial charge on any atom is 0.126 e. The molecule has 0 aliphatic carbocycles. The van der Waals surface area contributed by atoms with Gasteiger partial charge in [-0.2, -0.15) is 0 Å². The Morgan fingerprint density at radius 2 is 1.88 bits per heavy atom. The molecule has 0 unspecified atom stereocenters. The molecule has 0 aromatic carbocycles. The van der Waals surface area contributed by atoms with E-state index in [1.807, 2.05) is 0 Å². The quantitative estimate of drug-likeness (QED) is 0.833. The monoisotopic (exact) mass is 223 g/mol. The summed E-state index contributed by atoms with van der Waals surface area (Å²) in [7, 11) is 0. The third-order valence-corrected chi connectivity index (χ3v) is 2.68. The molecule has 1 heterocycles. The number of hydrogen-bond donors (Lipinski definition) is 1. The number of nitrogens with zero attached hydrogens (tertiary/aromatic N) is 2. The lowest BCUT2D eigenvalue weighted by atomic mass is 10.1. The minimum absolute atomic E-state index is 0.440. The van der Waals surface area contributed by atoms with Crippen molar-refractivity contribution in [3.8, 4) is 0 Å². The fourth-order valence-electron chi connectivity index (χ4n) is 1.97. The Morgan fingerprint density at radius 1 is 1.25 bits per heavy atom. The van der Waals surface area contributed by atoms with Gasteiger partial charge in [0.15, 0.2) is 0 Å². The standard InChI is InChI=1S/C13H25N3/c1-6-7-16-12(14)11(8-9(2)3)15-13(16)10(4)5/h9-10H,6-8,14H2,1-5H3. The number of rotatable bonds is 5. The van der Waals surface area contributed by atoms with E-state index in [2.05, 4.69) is 39.2 Å². The van der Waals surface area contributed by atoms with Crippen LogP contribution in [0.5, 0.6) is 0 Å². The van der Waals surface area contributed by atoms with Crippen LogP contribution in [0.1, 0.15) is 58.5 Å². The average Bonchev–Trinajstić information content (AvgIpc) is 2.46. The Morgan fingerprint density at radius 3 is 2.31 bits per heavy atom. The first kappa shape index (κ1) is 13.1. The fourth-order valence-corrected chi connectivity index (χ4v) is 1.97. The molecular weight excluding hydrogens is 198 g/mol. The second-order valence-corrected chi connectivity index (χ2v) is 5.21. The molecule has 16 heavy (non-hydrogen) atoms. The van der Waals surface area contributed by atoms with Crippen LogP contribution in [0.4, 0.5) is 5.82 Å². The molecule has 0 aliphatic rings. The van der Waals surface area contributed by atoms with Gasteiger partial charge in [-0.05, 0) is 18.8 Å². The summed E-state index contributed by atoms with van der Waals surface area (Å²) in [6, 6.07) is 0. The first-order chi connectivity index (χ1) is 7.47. The van der Waals surface area contributed by atoms with Gasteiger partial charge in [-0.25, -0.2) is 4.98 Å². The van der Waals surface area contributed by atoms with Crippen LogP contribution in [0.25, 0.3) is 0 Å². The van der Waals surface area contributed by atoms with E-state index in [1.54, 1.807) is 0 Å². The van der Waals surface area contributed by atoms with E-state index in [-0.39, 0.29) is 0 Å². The molecule has 0 amide bonds. The highest BCUT2D eigenvalue weighted by atomic mass is 15.1. The van der Waals surface area contributed by atoms with Crippen molar-refractivity contribution in [2.75, 3.05) is 5.73 Å². The lowest BCUT2D eigenvalue weighted by Crippen LogP contribution is -2.08. The molecule has 0 aliphatic heterocycles. The number of imidazole rings is 1. The van der Waals surface area contributed by atoms with Crippen molar-refractivity contribution in [3.63, 3.8) is 0 Å². The normalized spacial score (nSPS) is 11.7. The predicted molar refractivity (Wildman–Crippen MR) is 69.6 cm³/mol. The summed E-state index contributed by atoms with van der Waals surface area (Å²) in [5, 5.41) is 0. The molecule has 1 aromatic rings. The van der Waals surface area contributed by atoms with Gasteiger partial charge in [-0.15, -0.1) is 0 Å². The minimum atomic E-state index is 0.440. The van der Waals surface area contributed by atoms with Gasteiger partial charge in [0, 0.05) is 12.5 Å². The maximum atomic E-state index is 6.18. The number of hydrogen-bond acceptors (Lipinski definition) is 2. The third-order valence-electron chi connectivity index (χ3n) is 2.68. The first-order valence-electron chi connectivity index (χ1n) is 6.32. The van der Waals surface area contributed by atoms with E-state index in [0.29, 0.717) is 11.8 Å². The number of nitrogens with two attached hydrogens (primary N) is 1. The third kappa shape index (κ3) is 2.77. The van der Waals surface area contributed by atoms with Gasteiger partial charge >= 0.3 is 0 Å². The van der Waals surface area contributed by atoms with Crippen molar-refractivity contribution in [3.05, 3.63) is 11.5 Å². The Bertz CT molecular complexity index is 337. The highest BCUT2D eigenvalue weighted by molar-refractivity contribution is 5.39. The van der Waals surface area contributed by atoms with Crippen molar-refractivity contribution in [2.45, 2.75) is 59.9 Å². The molecule has 0 saturated heterocycles. The SMILES string of the molecule is CCCn1c(C(C)C)nc(CC(C)C)c1N. The Kier molecular flexibility index (Phi) is 4.39. The summed E-state index contributed by atoms with van der Waals surface area (Å²) < 4.78 is 2.18. The molecule has 3 nitrogen and oxygen atoms in total. The number of anilines is 1. The van der Waals surface area contributed by atoms with Crippen LogP contribution in [0.2, 0.25) is 0 Å². The summed E-state index contributed by atoms with van der Waals surface area (Å²) in [5.74, 6) is 3.05. The fraction of sp³-hybridized carbons (Fsp3) is 0.769. The second kappa shape index (κ2) is 5.37. The van der Waals surface area contributed by atoms with Gasteiger partial charge in [-0.3, -0.25) is 0 Å². The van der Waals surface area contributed by atoms with Crippen LogP contribution >= 0.6 is 0 Å². The lowest BCUT2D eigenvalue weighted by molar-refractivity contribution is 0.615. The highest BCUT2D eigenvalue weighted by Gasteiger charge is 2.16. The van der Waals surface area contributed by atoms with E-state index in [4.69, 9.17) is 10.7 Å². The molecular formula is C13H25N3. The van der Waals surface area contributed by atoms with E-state index >= 15 is 0 Å². The lowest BCUT2D eigenvalue weighted by Gasteiger charge is -2.10. The van der Waals surface area contributed by atoms with Crippen molar-refractivity contribution < 1.29 is 0 Å². The van der Waals surface area contributed by atoms with Crippen molar-refractivity contribution in [1.82, 2.24) is 9.55 Å². The zero-order chi connectivity index (χ0) is 12.3. The smallest absolute Gasteiger partial charge is 0.126 e. The summed E-state index contributed by atoms with van der Waals surface area (Å²) in [6.07, 6.45) is 2.07. The van der Waals surface area contributed by atoms with Gasteiger partial charge in [0.05, 0.1) is 5.69 Å². The molecule has 0 atom stereocenters. The molecule has 0 radical (unpaired) electrons. The van der Waals surface area contributed by atoms with Crippen LogP contribution in [0.3, 0.4) is 0 Å².